The van der Waals surface area contributed by atoms with Crippen LogP contribution in [-0.4, -0.2) is 23.1 Å². The Balaban J connectivity index is 1.48. The number of nitrogens with zero attached hydrogens (tertiary/aromatic N) is 4. The second kappa shape index (κ2) is 9.78. The monoisotopic (exact) mass is 445 g/mol. The Hall–Kier alpha value is -3.79. The lowest BCUT2D eigenvalue weighted by Crippen LogP contribution is -2.35. The van der Waals surface area contributed by atoms with Crippen LogP contribution in [0.3, 0.4) is 0 Å². The zero-order valence-corrected chi connectivity index (χ0v) is 18.5. The molecule has 1 aliphatic rings. The van der Waals surface area contributed by atoms with Gasteiger partial charge in [-0.3, -0.25) is 4.98 Å². The molecular weight excluding hydrogens is 420 g/mol. The maximum Gasteiger partial charge on any atom is 0.152 e. The molecule has 5 nitrogen and oxygen atoms in total. The summed E-state index contributed by atoms with van der Waals surface area (Å²) in [6, 6.07) is 9.62. The van der Waals surface area contributed by atoms with Crippen molar-refractivity contribution < 1.29 is 8.78 Å². The van der Waals surface area contributed by atoms with Gasteiger partial charge in [-0.2, -0.15) is 5.26 Å². The summed E-state index contributed by atoms with van der Waals surface area (Å²) < 4.78 is 27.2. The van der Waals surface area contributed by atoms with Crippen LogP contribution in [0.25, 0.3) is 5.70 Å². The van der Waals surface area contributed by atoms with Gasteiger partial charge in [0.15, 0.2) is 5.82 Å². The Labute approximate surface area is 192 Å². The second-order valence-corrected chi connectivity index (χ2v) is 8.37. The number of pyridine rings is 2. The SMILES string of the molecule is C=C(Nc1cc(C#N)cnc1N1CCC(Cc2ccc(F)cc2F)CC1)c1cnccc1C. The van der Waals surface area contributed by atoms with Crippen molar-refractivity contribution in [3.8, 4) is 6.07 Å². The molecule has 4 rings (SSSR count). The minimum atomic E-state index is -0.555. The molecule has 0 aliphatic carbocycles. The maximum atomic E-state index is 14.1. The number of benzene rings is 1. The molecule has 1 saturated heterocycles. The average molecular weight is 446 g/mol. The number of hydrogen-bond acceptors (Lipinski definition) is 5. The number of piperidine rings is 1. The van der Waals surface area contributed by atoms with Crippen LogP contribution in [-0.2, 0) is 6.42 Å². The largest absolute Gasteiger partial charge is 0.355 e. The lowest BCUT2D eigenvalue weighted by molar-refractivity contribution is 0.396. The van der Waals surface area contributed by atoms with Crippen molar-refractivity contribution in [2.75, 3.05) is 23.3 Å². The van der Waals surface area contributed by atoms with Crippen molar-refractivity contribution in [3.05, 3.63) is 89.4 Å². The number of halogens is 2. The Morgan fingerprint density at radius 2 is 2.00 bits per heavy atom. The first-order valence-corrected chi connectivity index (χ1v) is 10.9. The van der Waals surface area contributed by atoms with E-state index in [0.717, 1.165) is 48.9 Å². The summed E-state index contributed by atoms with van der Waals surface area (Å²) in [5, 5.41) is 12.7. The van der Waals surface area contributed by atoms with Crippen LogP contribution in [0.1, 0.15) is 35.1 Å². The summed E-state index contributed by atoms with van der Waals surface area (Å²) in [5.41, 5.74) is 4.34. The van der Waals surface area contributed by atoms with Crippen molar-refractivity contribution in [2.24, 2.45) is 5.92 Å². The van der Waals surface area contributed by atoms with Crippen molar-refractivity contribution >= 4 is 17.2 Å². The summed E-state index contributed by atoms with van der Waals surface area (Å²) in [6.45, 7) is 7.64. The molecule has 1 N–H and O–H groups in total. The number of nitriles is 1. The zero-order chi connectivity index (χ0) is 23.4. The van der Waals surface area contributed by atoms with Crippen molar-refractivity contribution in [3.63, 3.8) is 0 Å². The van der Waals surface area contributed by atoms with Gasteiger partial charge in [0, 0.05) is 49.0 Å². The van der Waals surface area contributed by atoms with Crippen LogP contribution in [0.5, 0.6) is 0 Å². The summed E-state index contributed by atoms with van der Waals surface area (Å²) in [6.07, 6.45) is 7.37. The van der Waals surface area contributed by atoms with Gasteiger partial charge in [0.05, 0.1) is 11.3 Å². The Morgan fingerprint density at radius 3 is 2.70 bits per heavy atom. The highest BCUT2D eigenvalue weighted by Gasteiger charge is 2.24. The molecule has 0 atom stereocenters. The predicted molar refractivity (Wildman–Crippen MR) is 126 cm³/mol. The van der Waals surface area contributed by atoms with Crippen molar-refractivity contribution in [2.45, 2.75) is 26.2 Å². The van der Waals surface area contributed by atoms with Crippen molar-refractivity contribution in [1.29, 1.82) is 5.26 Å². The fourth-order valence-electron chi connectivity index (χ4n) is 4.22. The van der Waals surface area contributed by atoms with Crippen LogP contribution < -0.4 is 10.2 Å². The Morgan fingerprint density at radius 1 is 1.21 bits per heavy atom. The Bertz CT molecular complexity index is 1210. The molecule has 1 fully saturated rings. The highest BCUT2D eigenvalue weighted by atomic mass is 19.1. The molecule has 0 unspecified atom stereocenters. The molecule has 7 heteroatoms. The number of nitrogens with one attached hydrogen (secondary N) is 1. The molecule has 0 radical (unpaired) electrons. The first-order valence-electron chi connectivity index (χ1n) is 10.9. The van der Waals surface area contributed by atoms with E-state index in [0.29, 0.717) is 34.9 Å². The minimum Gasteiger partial charge on any atom is -0.355 e. The van der Waals surface area contributed by atoms with Crippen LogP contribution in [0.15, 0.2) is 55.5 Å². The molecule has 1 aromatic carbocycles. The summed E-state index contributed by atoms with van der Waals surface area (Å²) in [4.78, 5) is 10.9. The van der Waals surface area contributed by atoms with E-state index in [-0.39, 0.29) is 0 Å². The minimum absolute atomic E-state index is 0.309. The van der Waals surface area contributed by atoms with E-state index in [1.807, 2.05) is 13.0 Å². The molecule has 33 heavy (non-hydrogen) atoms. The summed E-state index contributed by atoms with van der Waals surface area (Å²) >= 11 is 0. The molecular formula is C26H25F2N5. The van der Waals surface area contributed by atoms with Crippen molar-refractivity contribution in [1.82, 2.24) is 9.97 Å². The number of aromatic nitrogens is 2. The lowest BCUT2D eigenvalue weighted by Gasteiger charge is -2.34. The maximum absolute atomic E-state index is 14.1. The zero-order valence-electron chi connectivity index (χ0n) is 18.5. The second-order valence-electron chi connectivity index (χ2n) is 8.37. The van der Waals surface area contributed by atoms with Gasteiger partial charge >= 0.3 is 0 Å². The number of aryl methyl sites for hydroxylation is 1. The number of hydrogen-bond donors (Lipinski definition) is 1. The Kier molecular flexibility index (Phi) is 6.64. The molecule has 0 spiro atoms. The molecule has 2 aromatic heterocycles. The van der Waals surface area contributed by atoms with E-state index in [2.05, 4.69) is 32.8 Å². The van der Waals surface area contributed by atoms with Crippen LogP contribution >= 0.6 is 0 Å². The van der Waals surface area contributed by atoms with Gasteiger partial charge in [0.25, 0.3) is 0 Å². The smallest absolute Gasteiger partial charge is 0.152 e. The van der Waals surface area contributed by atoms with Gasteiger partial charge in [-0.15, -0.1) is 0 Å². The van der Waals surface area contributed by atoms with Crippen LogP contribution in [0.4, 0.5) is 20.3 Å². The fourth-order valence-corrected chi connectivity index (χ4v) is 4.22. The molecule has 168 valence electrons. The van der Waals surface area contributed by atoms with Crippen LogP contribution in [0, 0.1) is 35.8 Å². The van der Waals surface area contributed by atoms with Gasteiger partial charge in [-0.1, -0.05) is 12.6 Å². The fraction of sp³-hybridized carbons (Fsp3) is 0.269. The molecule has 3 heterocycles. The van der Waals surface area contributed by atoms with Gasteiger partial charge in [0.1, 0.15) is 17.7 Å². The number of anilines is 2. The van der Waals surface area contributed by atoms with Gasteiger partial charge in [-0.05, 0) is 61.4 Å². The first kappa shape index (κ1) is 22.4. The lowest BCUT2D eigenvalue weighted by atomic mass is 9.90. The van der Waals surface area contributed by atoms with E-state index in [4.69, 9.17) is 0 Å². The van der Waals surface area contributed by atoms with E-state index < -0.39 is 11.6 Å². The van der Waals surface area contributed by atoms with E-state index in [1.165, 1.54) is 12.1 Å². The first-order chi connectivity index (χ1) is 15.9. The topological polar surface area (TPSA) is 64.8 Å². The van der Waals surface area contributed by atoms with Gasteiger partial charge in [0.2, 0.25) is 0 Å². The molecule has 0 bridgehead atoms. The van der Waals surface area contributed by atoms with Gasteiger partial charge < -0.3 is 10.2 Å². The summed E-state index contributed by atoms with van der Waals surface area (Å²) in [5.74, 6) is 0.0232. The average Bonchev–Trinajstić information content (AvgIpc) is 2.81. The third kappa shape index (κ3) is 5.17. The predicted octanol–water partition coefficient (Wildman–Crippen LogP) is 5.48. The third-order valence-corrected chi connectivity index (χ3v) is 6.08. The molecule has 3 aromatic rings. The number of rotatable bonds is 6. The highest BCUT2D eigenvalue weighted by Crippen LogP contribution is 2.32. The summed E-state index contributed by atoms with van der Waals surface area (Å²) in [7, 11) is 0. The highest BCUT2D eigenvalue weighted by molar-refractivity contribution is 5.82. The molecule has 1 aliphatic heterocycles. The van der Waals surface area contributed by atoms with E-state index in [9.17, 15) is 14.0 Å². The van der Waals surface area contributed by atoms with Gasteiger partial charge in [-0.25, -0.2) is 13.8 Å². The normalized spacial score (nSPS) is 14.1. The van der Waals surface area contributed by atoms with E-state index >= 15 is 0 Å². The quantitative estimate of drug-likeness (QED) is 0.545. The molecule has 0 saturated carbocycles. The standard InChI is InChI=1S/C26H25F2N5/c1-17-5-8-30-16-23(17)18(2)32-25-12-20(14-29)15-31-26(25)33-9-6-19(7-10-33)11-21-3-4-22(27)13-24(21)28/h3-5,8,12-13,15-16,19,32H,2,6-7,9-11H2,1H3. The van der Waals surface area contributed by atoms with E-state index in [1.54, 1.807) is 24.7 Å². The molecule has 0 amide bonds. The van der Waals surface area contributed by atoms with Crippen LogP contribution in [0.2, 0.25) is 0 Å². The third-order valence-electron chi connectivity index (χ3n) is 6.08.